The minimum absolute atomic E-state index is 0.0640. The average molecular weight is 285 g/mol. The highest BCUT2D eigenvalue weighted by atomic mass is 16.5. The second-order valence-electron chi connectivity index (χ2n) is 5.77. The number of benzene rings is 1. The Labute approximate surface area is 124 Å². The fourth-order valence-electron chi connectivity index (χ4n) is 3.20. The van der Waals surface area contributed by atoms with E-state index < -0.39 is 5.72 Å². The van der Waals surface area contributed by atoms with Crippen LogP contribution < -0.4 is 10.1 Å². The molecule has 2 heterocycles. The Morgan fingerprint density at radius 2 is 1.90 bits per heavy atom. The van der Waals surface area contributed by atoms with Crippen molar-refractivity contribution >= 4 is 11.5 Å². The van der Waals surface area contributed by atoms with Gasteiger partial charge in [0.2, 0.25) is 5.72 Å². The molecule has 0 aliphatic carbocycles. The van der Waals surface area contributed by atoms with Crippen molar-refractivity contribution in [3.05, 3.63) is 46.4 Å². The van der Waals surface area contributed by atoms with Gasteiger partial charge in [0.25, 0.3) is 0 Å². The van der Waals surface area contributed by atoms with E-state index in [-0.39, 0.29) is 5.78 Å². The number of carbonyl (C=O) groups is 1. The van der Waals surface area contributed by atoms with Gasteiger partial charge in [-0.2, -0.15) is 0 Å². The highest BCUT2D eigenvalue weighted by Gasteiger charge is 2.47. The Morgan fingerprint density at radius 3 is 2.57 bits per heavy atom. The second kappa shape index (κ2) is 4.38. The Balaban J connectivity index is 2.16. The molecular formula is C17H19NO3. The highest BCUT2D eigenvalue weighted by molar-refractivity contribution is 5.98. The number of ether oxygens (including phenoxy) is 2. The van der Waals surface area contributed by atoms with Gasteiger partial charge in [-0.1, -0.05) is 6.07 Å². The van der Waals surface area contributed by atoms with E-state index in [1.54, 1.807) is 6.92 Å². The van der Waals surface area contributed by atoms with Crippen LogP contribution in [0.15, 0.2) is 35.3 Å². The number of hydrogen-bond donors (Lipinski definition) is 1. The van der Waals surface area contributed by atoms with Crippen molar-refractivity contribution in [2.24, 2.45) is 0 Å². The topological polar surface area (TPSA) is 47.6 Å². The molecule has 2 aliphatic rings. The molecule has 1 N–H and O–H groups in total. The summed E-state index contributed by atoms with van der Waals surface area (Å²) >= 11 is 0. The lowest BCUT2D eigenvalue weighted by Crippen LogP contribution is -2.45. The summed E-state index contributed by atoms with van der Waals surface area (Å²) in [5.74, 6) is 2.02. The van der Waals surface area contributed by atoms with Crippen molar-refractivity contribution in [1.82, 2.24) is 0 Å². The van der Waals surface area contributed by atoms with Crippen LogP contribution in [-0.2, 0) is 9.53 Å². The van der Waals surface area contributed by atoms with Crippen LogP contribution in [0.5, 0.6) is 5.75 Å². The SMILES string of the molecule is CC(=O)C1=C(C)OC(C)=C[C@@]12Nc1cc(C)cc(C)c1O2. The smallest absolute Gasteiger partial charge is 0.237 e. The van der Waals surface area contributed by atoms with Crippen molar-refractivity contribution in [3.8, 4) is 5.75 Å². The van der Waals surface area contributed by atoms with Gasteiger partial charge in [-0.25, -0.2) is 0 Å². The number of anilines is 1. The number of nitrogens with one attached hydrogen (secondary N) is 1. The molecule has 1 spiro atoms. The van der Waals surface area contributed by atoms with Gasteiger partial charge in [-0.05, 0) is 51.8 Å². The van der Waals surface area contributed by atoms with Crippen molar-refractivity contribution < 1.29 is 14.3 Å². The van der Waals surface area contributed by atoms with Crippen LogP contribution in [-0.4, -0.2) is 11.5 Å². The number of ketones is 1. The lowest BCUT2D eigenvalue weighted by atomic mass is 9.95. The van der Waals surface area contributed by atoms with E-state index in [9.17, 15) is 4.79 Å². The first-order chi connectivity index (χ1) is 9.82. The van der Waals surface area contributed by atoms with Crippen LogP contribution in [0.2, 0.25) is 0 Å². The van der Waals surface area contributed by atoms with E-state index in [1.807, 2.05) is 32.9 Å². The Hall–Kier alpha value is -2.23. The zero-order chi connectivity index (χ0) is 15.4. The average Bonchev–Trinajstić information content (AvgIpc) is 2.65. The molecule has 1 atom stereocenters. The molecule has 2 aliphatic heterocycles. The van der Waals surface area contributed by atoms with Crippen LogP contribution >= 0.6 is 0 Å². The van der Waals surface area contributed by atoms with Crippen molar-refractivity contribution in [2.75, 3.05) is 5.32 Å². The van der Waals surface area contributed by atoms with Gasteiger partial charge in [0.15, 0.2) is 5.78 Å². The fourth-order valence-corrected chi connectivity index (χ4v) is 3.20. The Bertz CT molecular complexity index is 715. The summed E-state index contributed by atoms with van der Waals surface area (Å²) in [4.78, 5) is 12.1. The Kier molecular flexibility index (Phi) is 2.87. The molecule has 0 aromatic heterocycles. The molecule has 4 heteroatoms. The second-order valence-corrected chi connectivity index (χ2v) is 5.77. The lowest BCUT2D eigenvalue weighted by Gasteiger charge is -2.32. The van der Waals surface area contributed by atoms with Gasteiger partial charge in [0, 0.05) is 6.08 Å². The Morgan fingerprint density at radius 1 is 1.19 bits per heavy atom. The molecule has 21 heavy (non-hydrogen) atoms. The molecular weight excluding hydrogens is 266 g/mol. The molecule has 1 aromatic carbocycles. The number of Topliss-reactive ketones (excluding diaryl/α,β-unsaturated/α-hetero) is 1. The van der Waals surface area contributed by atoms with Crippen LogP contribution in [0.3, 0.4) is 0 Å². The molecule has 0 saturated carbocycles. The zero-order valence-electron chi connectivity index (χ0n) is 13.0. The largest absolute Gasteiger partial charge is 0.466 e. The predicted octanol–water partition coefficient (Wildman–Crippen LogP) is 3.60. The van der Waals surface area contributed by atoms with Gasteiger partial charge in [-0.15, -0.1) is 0 Å². The van der Waals surface area contributed by atoms with E-state index in [0.29, 0.717) is 17.1 Å². The molecule has 3 rings (SSSR count). The van der Waals surface area contributed by atoms with Gasteiger partial charge >= 0.3 is 0 Å². The van der Waals surface area contributed by atoms with Crippen LogP contribution in [0, 0.1) is 13.8 Å². The number of carbonyl (C=O) groups excluding carboxylic acids is 1. The lowest BCUT2D eigenvalue weighted by molar-refractivity contribution is -0.115. The molecule has 0 bridgehead atoms. The molecule has 0 amide bonds. The third-order valence-corrected chi connectivity index (χ3v) is 3.80. The van der Waals surface area contributed by atoms with Gasteiger partial charge in [0.1, 0.15) is 22.8 Å². The third-order valence-electron chi connectivity index (χ3n) is 3.80. The van der Waals surface area contributed by atoms with E-state index in [4.69, 9.17) is 9.47 Å². The highest BCUT2D eigenvalue weighted by Crippen LogP contribution is 2.46. The first kappa shape index (κ1) is 13.7. The number of fused-ring (bicyclic) bond motifs is 1. The zero-order valence-corrected chi connectivity index (χ0v) is 13.0. The minimum Gasteiger partial charge on any atom is -0.466 e. The summed E-state index contributed by atoms with van der Waals surface area (Å²) in [6.07, 6.45) is 1.82. The van der Waals surface area contributed by atoms with Gasteiger partial charge < -0.3 is 14.8 Å². The summed E-state index contributed by atoms with van der Waals surface area (Å²) in [5.41, 5.74) is 2.66. The van der Waals surface area contributed by atoms with Crippen molar-refractivity contribution in [2.45, 2.75) is 40.3 Å². The van der Waals surface area contributed by atoms with Crippen molar-refractivity contribution in [1.29, 1.82) is 0 Å². The summed E-state index contributed by atoms with van der Waals surface area (Å²) < 4.78 is 11.8. The van der Waals surface area contributed by atoms with Crippen LogP contribution in [0.4, 0.5) is 5.69 Å². The number of rotatable bonds is 1. The van der Waals surface area contributed by atoms with E-state index in [1.165, 1.54) is 6.92 Å². The molecule has 1 aromatic rings. The van der Waals surface area contributed by atoms with Crippen molar-refractivity contribution in [3.63, 3.8) is 0 Å². The number of allylic oxidation sites excluding steroid dienone is 2. The molecule has 0 unspecified atom stereocenters. The van der Waals surface area contributed by atoms with Gasteiger partial charge in [-0.3, -0.25) is 4.79 Å². The molecule has 110 valence electrons. The summed E-state index contributed by atoms with van der Waals surface area (Å²) in [6.45, 7) is 9.23. The summed E-state index contributed by atoms with van der Waals surface area (Å²) in [7, 11) is 0. The quantitative estimate of drug-likeness (QED) is 0.856. The minimum atomic E-state index is -0.959. The number of hydrogen-bond acceptors (Lipinski definition) is 4. The first-order valence-electron chi connectivity index (χ1n) is 7.00. The van der Waals surface area contributed by atoms with Crippen LogP contribution in [0.25, 0.3) is 0 Å². The molecule has 0 saturated heterocycles. The maximum absolute atomic E-state index is 12.1. The predicted molar refractivity (Wildman–Crippen MR) is 81.1 cm³/mol. The fraction of sp³-hybridized carbons (Fsp3) is 0.353. The normalized spacial score (nSPS) is 23.2. The third kappa shape index (κ3) is 2.02. The van der Waals surface area contributed by atoms with E-state index in [0.717, 1.165) is 22.6 Å². The summed E-state index contributed by atoms with van der Waals surface area (Å²) in [6, 6.07) is 4.10. The molecule has 0 fully saturated rings. The molecule has 0 radical (unpaired) electrons. The van der Waals surface area contributed by atoms with E-state index >= 15 is 0 Å². The van der Waals surface area contributed by atoms with Crippen LogP contribution in [0.1, 0.15) is 31.9 Å². The standard InChI is InChI=1S/C17H19NO3/c1-9-6-10(2)16-14(7-9)18-17(21-16)8-11(3)20-13(5)15(17)12(4)19/h6-8,18H,1-5H3/t17-/m0/s1. The monoisotopic (exact) mass is 285 g/mol. The maximum atomic E-state index is 12.1. The number of aryl methyl sites for hydroxylation is 2. The molecule has 4 nitrogen and oxygen atoms in total. The van der Waals surface area contributed by atoms with E-state index in [2.05, 4.69) is 11.4 Å². The van der Waals surface area contributed by atoms with Gasteiger partial charge in [0.05, 0.1) is 5.69 Å². The summed E-state index contributed by atoms with van der Waals surface area (Å²) in [5, 5.41) is 3.37. The first-order valence-corrected chi connectivity index (χ1v) is 7.00. The maximum Gasteiger partial charge on any atom is 0.237 e.